The fourth-order valence-corrected chi connectivity index (χ4v) is 3.35. The van der Waals surface area contributed by atoms with Crippen LogP contribution in [0, 0.1) is 19.8 Å². The average Bonchev–Trinajstić information content (AvgIpc) is 3.36. The predicted molar refractivity (Wildman–Crippen MR) is 112 cm³/mol. The smallest absolute Gasteiger partial charge is 0.254 e. The third kappa shape index (κ3) is 4.06. The van der Waals surface area contributed by atoms with Gasteiger partial charge in [0.2, 0.25) is 23.6 Å². The summed E-state index contributed by atoms with van der Waals surface area (Å²) in [4.78, 5) is 29.9. The van der Waals surface area contributed by atoms with E-state index in [-0.39, 0.29) is 24.2 Å². The number of pyridine rings is 1. The van der Waals surface area contributed by atoms with Crippen molar-refractivity contribution in [2.45, 2.75) is 40.2 Å². The second-order valence-corrected chi connectivity index (χ2v) is 7.61. The van der Waals surface area contributed by atoms with Gasteiger partial charge < -0.3 is 15.6 Å². The monoisotopic (exact) mass is 421 g/mol. The van der Waals surface area contributed by atoms with E-state index in [1.165, 1.54) is 0 Å². The van der Waals surface area contributed by atoms with Crippen LogP contribution in [0.5, 0.6) is 0 Å². The van der Waals surface area contributed by atoms with Crippen molar-refractivity contribution in [1.82, 2.24) is 40.0 Å². The standard InChI is InChI=1S/C20H23N9O2/c1-10(2)16(18-25-17(28-31-18)13-6-5-7-22-9-13)24-15(30)8-14-11(3)23-20-26-19(21)27-29(20)12(14)4/h5-7,9-10,16H,8H2,1-4H3,(H2,21,27)(H,24,30). The minimum atomic E-state index is -0.440. The number of nitrogens with one attached hydrogen (secondary N) is 1. The molecule has 0 saturated carbocycles. The summed E-state index contributed by atoms with van der Waals surface area (Å²) in [5, 5.41) is 11.2. The lowest BCUT2D eigenvalue weighted by molar-refractivity contribution is -0.121. The Bertz CT molecular complexity index is 1230. The highest BCUT2D eigenvalue weighted by Crippen LogP contribution is 2.24. The van der Waals surface area contributed by atoms with Gasteiger partial charge in [-0.1, -0.05) is 19.0 Å². The average molecular weight is 421 g/mol. The first-order valence-corrected chi connectivity index (χ1v) is 9.85. The molecule has 11 heteroatoms. The summed E-state index contributed by atoms with van der Waals surface area (Å²) >= 11 is 0. The Morgan fingerprint density at radius 1 is 1.26 bits per heavy atom. The third-order valence-corrected chi connectivity index (χ3v) is 5.01. The van der Waals surface area contributed by atoms with E-state index in [1.54, 1.807) is 23.0 Å². The quantitative estimate of drug-likeness (QED) is 0.475. The molecule has 4 aromatic heterocycles. The Morgan fingerprint density at radius 3 is 2.77 bits per heavy atom. The van der Waals surface area contributed by atoms with E-state index < -0.39 is 6.04 Å². The van der Waals surface area contributed by atoms with Crippen molar-refractivity contribution in [1.29, 1.82) is 0 Å². The number of rotatable bonds is 6. The fourth-order valence-electron chi connectivity index (χ4n) is 3.35. The Hall–Kier alpha value is -3.89. The molecular weight excluding hydrogens is 398 g/mol. The van der Waals surface area contributed by atoms with Gasteiger partial charge in [-0.3, -0.25) is 9.78 Å². The number of fused-ring (bicyclic) bond motifs is 1. The van der Waals surface area contributed by atoms with E-state index in [9.17, 15) is 4.79 Å². The number of nitrogens with zero attached hydrogens (tertiary/aromatic N) is 7. The first kappa shape index (κ1) is 20.4. The number of carbonyl (C=O) groups is 1. The minimum absolute atomic E-state index is 0.0315. The molecule has 0 aliphatic heterocycles. The minimum Gasteiger partial charge on any atom is -0.366 e. The van der Waals surface area contributed by atoms with Gasteiger partial charge in [0.15, 0.2) is 0 Å². The van der Waals surface area contributed by atoms with E-state index >= 15 is 0 Å². The summed E-state index contributed by atoms with van der Waals surface area (Å²) < 4.78 is 6.99. The van der Waals surface area contributed by atoms with Crippen LogP contribution in [0.1, 0.15) is 42.7 Å². The van der Waals surface area contributed by atoms with Crippen LogP contribution >= 0.6 is 0 Å². The van der Waals surface area contributed by atoms with Gasteiger partial charge in [-0.2, -0.15) is 14.5 Å². The van der Waals surface area contributed by atoms with Crippen LogP contribution < -0.4 is 11.1 Å². The van der Waals surface area contributed by atoms with Crippen LogP contribution in [0.25, 0.3) is 17.2 Å². The first-order valence-electron chi connectivity index (χ1n) is 9.85. The van der Waals surface area contributed by atoms with Gasteiger partial charge in [0, 0.05) is 34.9 Å². The summed E-state index contributed by atoms with van der Waals surface area (Å²) in [5.74, 6) is 1.15. The molecule has 1 atom stereocenters. The molecule has 0 fully saturated rings. The second kappa shape index (κ2) is 8.09. The highest BCUT2D eigenvalue weighted by atomic mass is 16.5. The molecule has 0 saturated heterocycles. The second-order valence-electron chi connectivity index (χ2n) is 7.61. The Balaban J connectivity index is 1.55. The SMILES string of the molecule is Cc1nc2nc(N)nn2c(C)c1CC(=O)NC(c1nc(-c2cccnc2)no1)C(C)C. The first-order chi connectivity index (χ1) is 14.8. The van der Waals surface area contributed by atoms with Crippen molar-refractivity contribution in [2.24, 2.45) is 5.92 Å². The van der Waals surface area contributed by atoms with Gasteiger partial charge in [-0.15, -0.1) is 5.10 Å². The molecule has 1 amide bonds. The fraction of sp³-hybridized carbons (Fsp3) is 0.350. The molecule has 31 heavy (non-hydrogen) atoms. The van der Waals surface area contributed by atoms with Crippen molar-refractivity contribution < 1.29 is 9.32 Å². The van der Waals surface area contributed by atoms with Crippen molar-refractivity contribution in [3.63, 3.8) is 0 Å². The number of anilines is 1. The summed E-state index contributed by atoms with van der Waals surface area (Å²) in [7, 11) is 0. The number of carbonyl (C=O) groups excluding carboxylic acids is 1. The van der Waals surface area contributed by atoms with Gasteiger partial charge in [0.05, 0.1) is 6.42 Å². The number of hydrogen-bond acceptors (Lipinski definition) is 9. The zero-order valence-corrected chi connectivity index (χ0v) is 17.7. The zero-order chi connectivity index (χ0) is 22.1. The molecule has 1 unspecified atom stereocenters. The van der Waals surface area contributed by atoms with Crippen LogP contribution in [0.4, 0.5) is 5.95 Å². The zero-order valence-electron chi connectivity index (χ0n) is 17.7. The van der Waals surface area contributed by atoms with Crippen molar-refractivity contribution >= 4 is 17.6 Å². The molecule has 3 N–H and O–H groups in total. The maximum absolute atomic E-state index is 12.9. The van der Waals surface area contributed by atoms with E-state index in [1.807, 2.05) is 33.8 Å². The molecule has 11 nitrogen and oxygen atoms in total. The summed E-state index contributed by atoms with van der Waals surface area (Å²) in [6, 6.07) is 3.20. The molecule has 0 bridgehead atoms. The lowest BCUT2D eigenvalue weighted by Crippen LogP contribution is -2.33. The lowest BCUT2D eigenvalue weighted by atomic mass is 10.0. The van der Waals surface area contributed by atoms with Gasteiger partial charge in [-0.05, 0) is 31.9 Å². The largest absolute Gasteiger partial charge is 0.366 e. The molecule has 4 rings (SSSR count). The lowest BCUT2D eigenvalue weighted by Gasteiger charge is -2.19. The van der Waals surface area contributed by atoms with Crippen molar-refractivity contribution in [3.05, 3.63) is 47.4 Å². The maximum Gasteiger partial charge on any atom is 0.254 e. The van der Waals surface area contributed by atoms with E-state index in [0.717, 1.165) is 16.8 Å². The van der Waals surface area contributed by atoms with Crippen LogP contribution in [0.15, 0.2) is 29.0 Å². The Labute approximate surface area is 178 Å². The molecule has 0 aliphatic carbocycles. The highest BCUT2D eigenvalue weighted by molar-refractivity contribution is 5.79. The molecule has 160 valence electrons. The molecular formula is C20H23N9O2. The highest BCUT2D eigenvalue weighted by Gasteiger charge is 2.26. The topological polar surface area (TPSA) is 150 Å². The number of nitrogen functional groups attached to an aromatic ring is 1. The number of hydrogen-bond donors (Lipinski definition) is 2. The van der Waals surface area contributed by atoms with E-state index in [2.05, 4.69) is 35.5 Å². The van der Waals surface area contributed by atoms with Crippen molar-refractivity contribution in [3.8, 4) is 11.4 Å². The van der Waals surface area contributed by atoms with Crippen LogP contribution in [0.2, 0.25) is 0 Å². The van der Waals surface area contributed by atoms with Crippen LogP contribution in [-0.4, -0.2) is 40.6 Å². The van der Waals surface area contributed by atoms with Crippen LogP contribution in [0.3, 0.4) is 0 Å². The number of nitrogens with two attached hydrogens (primary N) is 1. The molecule has 0 spiro atoms. The molecule has 0 radical (unpaired) electrons. The maximum atomic E-state index is 12.9. The van der Waals surface area contributed by atoms with Gasteiger partial charge in [0.1, 0.15) is 6.04 Å². The van der Waals surface area contributed by atoms with Crippen LogP contribution in [-0.2, 0) is 11.2 Å². The number of aromatic nitrogens is 7. The van der Waals surface area contributed by atoms with Gasteiger partial charge in [0.25, 0.3) is 5.78 Å². The molecule has 4 aromatic rings. The Morgan fingerprint density at radius 2 is 2.06 bits per heavy atom. The molecule has 0 aliphatic rings. The van der Waals surface area contributed by atoms with Gasteiger partial charge in [-0.25, -0.2) is 4.98 Å². The summed E-state index contributed by atoms with van der Waals surface area (Å²) in [5.41, 5.74) is 8.64. The predicted octanol–water partition coefficient (Wildman–Crippen LogP) is 1.82. The van der Waals surface area contributed by atoms with Gasteiger partial charge >= 0.3 is 0 Å². The molecule has 0 aromatic carbocycles. The summed E-state index contributed by atoms with van der Waals surface area (Å²) in [6.07, 6.45) is 3.45. The van der Waals surface area contributed by atoms with E-state index in [4.69, 9.17) is 10.3 Å². The van der Waals surface area contributed by atoms with E-state index in [0.29, 0.717) is 23.2 Å². The number of amides is 1. The van der Waals surface area contributed by atoms with Crippen molar-refractivity contribution in [2.75, 3.05) is 5.73 Å². The number of aryl methyl sites for hydroxylation is 2. The summed E-state index contributed by atoms with van der Waals surface area (Å²) in [6.45, 7) is 7.64. The molecule has 4 heterocycles. The Kier molecular flexibility index (Phi) is 5.32. The normalized spacial score (nSPS) is 12.4. The third-order valence-electron chi connectivity index (χ3n) is 5.01.